The molecule has 210 valence electrons. The smallest absolute Gasteiger partial charge is 0.319 e. The molecule has 0 saturated heterocycles. The molecule has 4 N–H and O–H groups in total. The zero-order chi connectivity index (χ0) is 28.1. The predicted octanol–water partition coefficient (Wildman–Crippen LogP) is 3.40. The highest BCUT2D eigenvalue weighted by atomic mass is 16.2. The summed E-state index contributed by atoms with van der Waals surface area (Å²) < 4.78 is 0. The summed E-state index contributed by atoms with van der Waals surface area (Å²) in [6.45, 7) is 9.01. The van der Waals surface area contributed by atoms with E-state index in [0.29, 0.717) is 31.5 Å². The number of urea groups is 1. The molecule has 9 nitrogen and oxygen atoms in total. The van der Waals surface area contributed by atoms with Gasteiger partial charge in [-0.05, 0) is 80.8 Å². The van der Waals surface area contributed by atoms with Gasteiger partial charge in [0.15, 0.2) is 0 Å². The highest BCUT2D eigenvalue weighted by Crippen LogP contribution is 2.21. The molecule has 0 aromatic carbocycles. The lowest BCUT2D eigenvalue weighted by atomic mass is 9.97. The first-order valence-corrected chi connectivity index (χ1v) is 13.2. The minimum absolute atomic E-state index is 0.0530. The van der Waals surface area contributed by atoms with Crippen molar-refractivity contribution in [1.29, 1.82) is 0 Å². The van der Waals surface area contributed by atoms with Crippen molar-refractivity contribution in [2.75, 3.05) is 61.4 Å². The number of aliphatic imine (C=N–C) groups is 1. The number of rotatable bonds is 13. The first kappa shape index (κ1) is 34.1. The van der Waals surface area contributed by atoms with Gasteiger partial charge in [-0.15, -0.1) is 0 Å². The zero-order valence-electron chi connectivity index (χ0n) is 24.4. The van der Waals surface area contributed by atoms with Gasteiger partial charge in [0.25, 0.3) is 5.91 Å². The van der Waals surface area contributed by atoms with Gasteiger partial charge in [0.05, 0.1) is 12.2 Å². The van der Waals surface area contributed by atoms with E-state index < -0.39 is 0 Å². The van der Waals surface area contributed by atoms with Crippen LogP contribution in [0.15, 0.2) is 52.0 Å². The fourth-order valence-electron chi connectivity index (χ4n) is 3.20. The van der Waals surface area contributed by atoms with Gasteiger partial charge in [0, 0.05) is 43.7 Å². The Balaban J connectivity index is 0.00000235. The zero-order valence-corrected chi connectivity index (χ0v) is 24.4. The summed E-state index contributed by atoms with van der Waals surface area (Å²) in [5, 5.41) is 11.5. The molecule has 0 aromatic heterocycles. The number of amides is 3. The van der Waals surface area contributed by atoms with Crippen LogP contribution in [-0.4, -0.2) is 89.4 Å². The molecule has 0 atom stereocenters. The van der Waals surface area contributed by atoms with Gasteiger partial charge in [0.2, 0.25) is 0 Å². The van der Waals surface area contributed by atoms with E-state index >= 15 is 0 Å². The van der Waals surface area contributed by atoms with E-state index in [9.17, 15) is 9.59 Å². The summed E-state index contributed by atoms with van der Waals surface area (Å²) in [5.41, 5.74) is 3.50. The summed E-state index contributed by atoms with van der Waals surface area (Å²) in [6.07, 6.45) is 13.5. The van der Waals surface area contributed by atoms with E-state index in [1.165, 1.54) is 0 Å². The third-order valence-electron chi connectivity index (χ3n) is 5.34. The SMILES string of the molecule is CCN(C)C.CCNC(=O)C1=C/C/C=C(/NC(=O)NCC=N/C(C)=C\NC)C/C(CCCCN(C)C)=C\1. The Morgan fingerprint density at radius 3 is 2.35 bits per heavy atom. The van der Waals surface area contributed by atoms with Crippen molar-refractivity contribution >= 4 is 18.2 Å². The van der Waals surface area contributed by atoms with Crippen molar-refractivity contribution < 1.29 is 9.59 Å². The molecule has 0 radical (unpaired) electrons. The van der Waals surface area contributed by atoms with E-state index in [1.54, 1.807) is 12.4 Å². The average Bonchev–Trinajstić information content (AvgIpc) is 2.82. The molecule has 0 unspecified atom stereocenters. The van der Waals surface area contributed by atoms with Gasteiger partial charge >= 0.3 is 6.03 Å². The van der Waals surface area contributed by atoms with Crippen LogP contribution in [0.25, 0.3) is 0 Å². The molecular formula is C28H51N7O2. The maximum atomic E-state index is 12.4. The second-order valence-electron chi connectivity index (χ2n) is 9.34. The molecule has 0 bridgehead atoms. The van der Waals surface area contributed by atoms with Crippen molar-refractivity contribution in [3.05, 3.63) is 47.0 Å². The van der Waals surface area contributed by atoms with Crippen molar-refractivity contribution in [2.45, 2.75) is 52.9 Å². The van der Waals surface area contributed by atoms with Gasteiger partial charge in [-0.1, -0.05) is 30.7 Å². The van der Waals surface area contributed by atoms with Crippen LogP contribution in [0, 0.1) is 0 Å². The number of allylic oxidation sites excluding steroid dienone is 4. The second kappa shape index (κ2) is 21.2. The lowest BCUT2D eigenvalue weighted by Crippen LogP contribution is -2.36. The molecule has 37 heavy (non-hydrogen) atoms. The van der Waals surface area contributed by atoms with Crippen LogP contribution in [0.2, 0.25) is 0 Å². The van der Waals surface area contributed by atoms with Crippen molar-refractivity contribution in [3.63, 3.8) is 0 Å². The van der Waals surface area contributed by atoms with Gasteiger partial charge in [-0.25, -0.2) is 4.79 Å². The first-order chi connectivity index (χ1) is 17.6. The molecule has 1 aliphatic carbocycles. The summed E-state index contributed by atoms with van der Waals surface area (Å²) in [4.78, 5) is 33.2. The average molecular weight is 518 g/mol. The Morgan fingerprint density at radius 1 is 1.05 bits per heavy atom. The van der Waals surface area contributed by atoms with Gasteiger partial charge < -0.3 is 31.1 Å². The minimum atomic E-state index is -0.265. The van der Waals surface area contributed by atoms with Gasteiger partial charge in [-0.3, -0.25) is 9.79 Å². The van der Waals surface area contributed by atoms with Crippen LogP contribution in [-0.2, 0) is 4.79 Å². The Kier molecular flexibility index (Phi) is 19.5. The number of likely N-dealkylation sites (N-methyl/N-ethyl adjacent to an activating group) is 1. The number of carbonyl (C=O) groups is 2. The van der Waals surface area contributed by atoms with Crippen LogP contribution in [0.1, 0.15) is 52.9 Å². The molecule has 0 spiro atoms. The van der Waals surface area contributed by atoms with Gasteiger partial charge in [0.1, 0.15) is 0 Å². The van der Waals surface area contributed by atoms with Crippen LogP contribution < -0.4 is 21.3 Å². The predicted molar refractivity (Wildman–Crippen MR) is 157 cm³/mol. The summed E-state index contributed by atoms with van der Waals surface area (Å²) in [7, 11) is 10.1. The Morgan fingerprint density at radius 2 is 1.76 bits per heavy atom. The largest absolute Gasteiger partial charge is 0.393 e. The quantitative estimate of drug-likeness (QED) is 0.222. The van der Waals surface area contributed by atoms with E-state index in [2.05, 4.69) is 71.2 Å². The minimum Gasteiger partial charge on any atom is -0.393 e. The molecule has 1 rings (SSSR count). The standard InChI is InChI=1S/C24H40N6O2.C4H11N/c1-6-26-23(31)21-11-9-12-22(17-20(16-21)10-7-8-15-30(4)5)29-24(32)28-14-13-27-19(2)18-25-3;1-4-5(2)3/h11-13,16,18,25H,6-10,14-15,17H2,1-5H3,(H,26,31)(H2,28,29,32);4H2,1-3H3/b19-18-,20-16-,21-11+,22-12+,27-13?;. The molecular weight excluding hydrogens is 466 g/mol. The van der Waals surface area contributed by atoms with E-state index in [0.717, 1.165) is 49.3 Å². The lowest BCUT2D eigenvalue weighted by molar-refractivity contribution is -0.117. The van der Waals surface area contributed by atoms with Gasteiger partial charge in [-0.2, -0.15) is 0 Å². The lowest BCUT2D eigenvalue weighted by Gasteiger charge is -2.17. The first-order valence-electron chi connectivity index (χ1n) is 13.2. The van der Waals surface area contributed by atoms with Crippen LogP contribution >= 0.6 is 0 Å². The number of hydrogen-bond acceptors (Lipinski definition) is 6. The summed E-state index contributed by atoms with van der Waals surface area (Å²) >= 11 is 0. The molecule has 0 aromatic rings. The Hall–Kier alpha value is -2.91. The van der Waals surface area contributed by atoms with Crippen LogP contribution in [0.5, 0.6) is 0 Å². The Bertz CT molecular complexity index is 824. The monoisotopic (exact) mass is 517 g/mol. The summed E-state index contributed by atoms with van der Waals surface area (Å²) in [6, 6.07) is -0.265. The topological polar surface area (TPSA) is 101 Å². The molecule has 9 heteroatoms. The fourth-order valence-corrected chi connectivity index (χ4v) is 3.20. The summed E-state index contributed by atoms with van der Waals surface area (Å²) in [5.74, 6) is -0.0530. The third-order valence-corrected chi connectivity index (χ3v) is 5.34. The van der Waals surface area contributed by atoms with Crippen LogP contribution in [0.3, 0.4) is 0 Å². The highest BCUT2D eigenvalue weighted by Gasteiger charge is 2.13. The molecule has 1 aliphatic rings. The number of carbonyl (C=O) groups excluding carboxylic acids is 2. The number of hydrogen-bond donors (Lipinski definition) is 4. The molecule has 0 fully saturated rings. The number of unbranched alkanes of at least 4 members (excludes halogenated alkanes) is 1. The number of nitrogens with one attached hydrogen (secondary N) is 4. The van der Waals surface area contributed by atoms with Crippen LogP contribution in [0.4, 0.5) is 4.79 Å². The van der Waals surface area contributed by atoms with E-state index in [1.807, 2.05) is 39.1 Å². The van der Waals surface area contributed by atoms with Crippen molar-refractivity contribution in [2.24, 2.45) is 4.99 Å². The van der Waals surface area contributed by atoms with E-state index in [-0.39, 0.29) is 11.9 Å². The third kappa shape index (κ3) is 18.9. The molecule has 3 amide bonds. The van der Waals surface area contributed by atoms with Crippen molar-refractivity contribution in [1.82, 2.24) is 31.1 Å². The molecule has 0 aliphatic heterocycles. The van der Waals surface area contributed by atoms with Crippen molar-refractivity contribution in [3.8, 4) is 0 Å². The molecule has 0 heterocycles. The Labute approximate surface area is 225 Å². The highest BCUT2D eigenvalue weighted by molar-refractivity contribution is 5.96. The van der Waals surface area contributed by atoms with E-state index in [4.69, 9.17) is 0 Å². The number of nitrogens with zero attached hydrogens (tertiary/aromatic N) is 3. The fraction of sp³-hybridized carbons (Fsp3) is 0.607. The normalized spacial score (nSPS) is 18.3. The maximum Gasteiger partial charge on any atom is 0.319 e. The maximum absolute atomic E-state index is 12.4. The molecule has 0 saturated carbocycles. The second-order valence-corrected chi connectivity index (χ2v) is 9.34.